The van der Waals surface area contributed by atoms with Crippen LogP contribution in [0.5, 0.6) is 0 Å². The van der Waals surface area contributed by atoms with E-state index in [2.05, 4.69) is 0 Å². The Balaban J connectivity index is 1.82. The molecule has 1 unspecified atom stereocenters. The second kappa shape index (κ2) is 4.33. The predicted octanol–water partition coefficient (Wildman–Crippen LogP) is 2.04. The minimum absolute atomic E-state index is 0.00421. The Morgan fingerprint density at radius 2 is 2.09 bits per heavy atom. The van der Waals surface area contributed by atoms with Gasteiger partial charge in [0.05, 0.1) is 0 Å². The highest BCUT2D eigenvalue weighted by atomic mass is 16.3. The average molecular weight is 302 g/mol. The first-order valence-electron chi connectivity index (χ1n) is 8.11. The summed E-state index contributed by atoms with van der Waals surface area (Å²) in [6.07, 6.45) is 8.55. The molecular formula is C18H22O4. The van der Waals surface area contributed by atoms with Gasteiger partial charge in [-0.05, 0) is 43.1 Å². The predicted molar refractivity (Wildman–Crippen MR) is 80.9 cm³/mol. The Hall–Kier alpha value is -1.39. The van der Waals surface area contributed by atoms with Crippen molar-refractivity contribution in [3.05, 3.63) is 35.6 Å². The van der Waals surface area contributed by atoms with Gasteiger partial charge in [0, 0.05) is 29.6 Å². The molecule has 0 spiro atoms. The molecule has 0 amide bonds. The third kappa shape index (κ3) is 1.57. The Bertz CT molecular complexity index is 631. The van der Waals surface area contributed by atoms with Crippen LogP contribution in [0.1, 0.15) is 32.6 Å². The van der Waals surface area contributed by atoms with Crippen molar-refractivity contribution >= 4 is 5.78 Å². The van der Waals surface area contributed by atoms with Crippen molar-refractivity contribution in [3.8, 4) is 0 Å². The normalized spacial score (nSPS) is 49.9. The summed E-state index contributed by atoms with van der Waals surface area (Å²) < 4.78 is 0. The smallest absolute Gasteiger partial charge is 0.139 e. The first-order valence-corrected chi connectivity index (χ1v) is 8.11. The van der Waals surface area contributed by atoms with E-state index in [0.29, 0.717) is 19.3 Å². The van der Waals surface area contributed by atoms with Crippen LogP contribution >= 0.6 is 0 Å². The highest BCUT2D eigenvalue weighted by Crippen LogP contribution is 2.61. The third-order valence-corrected chi connectivity index (χ3v) is 6.62. The number of carbonyl (C=O) groups excluding carboxylic acids is 1. The molecule has 6 atom stereocenters. The molecule has 2 saturated carbocycles. The number of allylic oxidation sites excluding steroid dienone is 4. The largest absolute Gasteiger partial charge is 0.508 e. The summed E-state index contributed by atoms with van der Waals surface area (Å²) in [5.74, 6) is 0.114. The maximum atomic E-state index is 12.3. The molecule has 4 rings (SSSR count). The van der Waals surface area contributed by atoms with Gasteiger partial charge in [0.15, 0.2) is 0 Å². The van der Waals surface area contributed by atoms with E-state index in [4.69, 9.17) is 0 Å². The Kier molecular flexibility index (Phi) is 2.80. The van der Waals surface area contributed by atoms with Crippen LogP contribution in [-0.4, -0.2) is 32.8 Å². The van der Waals surface area contributed by atoms with E-state index in [-0.39, 0.29) is 29.3 Å². The van der Waals surface area contributed by atoms with E-state index in [1.807, 2.05) is 13.0 Å². The molecule has 0 aliphatic heterocycles. The zero-order valence-electron chi connectivity index (χ0n) is 12.7. The molecule has 4 aliphatic carbocycles. The second-order valence-corrected chi connectivity index (χ2v) is 7.53. The van der Waals surface area contributed by atoms with Crippen LogP contribution in [0.25, 0.3) is 0 Å². The molecular weight excluding hydrogens is 280 g/mol. The lowest BCUT2D eigenvalue weighted by Gasteiger charge is -2.57. The summed E-state index contributed by atoms with van der Waals surface area (Å²) in [4.78, 5) is 12.3. The van der Waals surface area contributed by atoms with Gasteiger partial charge in [0.1, 0.15) is 23.2 Å². The summed E-state index contributed by atoms with van der Waals surface area (Å²) in [6.45, 7) is 1.95. The van der Waals surface area contributed by atoms with Crippen LogP contribution in [0.4, 0.5) is 0 Å². The Morgan fingerprint density at radius 3 is 2.86 bits per heavy atom. The van der Waals surface area contributed by atoms with Crippen LogP contribution in [0.2, 0.25) is 0 Å². The zero-order chi connectivity index (χ0) is 15.7. The van der Waals surface area contributed by atoms with Crippen molar-refractivity contribution in [2.45, 2.75) is 44.3 Å². The van der Waals surface area contributed by atoms with Gasteiger partial charge in [-0.25, -0.2) is 0 Å². The van der Waals surface area contributed by atoms with E-state index >= 15 is 0 Å². The maximum absolute atomic E-state index is 12.3. The van der Waals surface area contributed by atoms with Gasteiger partial charge in [-0.15, -0.1) is 0 Å². The van der Waals surface area contributed by atoms with Crippen LogP contribution < -0.4 is 0 Å². The van der Waals surface area contributed by atoms with Crippen molar-refractivity contribution in [3.63, 3.8) is 0 Å². The summed E-state index contributed by atoms with van der Waals surface area (Å²) in [6, 6.07) is 0. The van der Waals surface area contributed by atoms with Crippen LogP contribution in [0, 0.1) is 23.2 Å². The quantitative estimate of drug-likeness (QED) is 0.640. The van der Waals surface area contributed by atoms with Crippen molar-refractivity contribution in [2.75, 3.05) is 0 Å². The average Bonchev–Trinajstić information content (AvgIpc) is 2.77. The van der Waals surface area contributed by atoms with Crippen molar-refractivity contribution in [1.82, 2.24) is 0 Å². The topological polar surface area (TPSA) is 77.8 Å². The molecule has 3 N–H and O–H groups in total. The van der Waals surface area contributed by atoms with E-state index < -0.39 is 17.1 Å². The van der Waals surface area contributed by atoms with Crippen LogP contribution in [-0.2, 0) is 4.79 Å². The van der Waals surface area contributed by atoms with E-state index in [1.165, 1.54) is 0 Å². The number of fused-ring (bicyclic) bond motifs is 5. The van der Waals surface area contributed by atoms with Gasteiger partial charge in [-0.2, -0.15) is 0 Å². The van der Waals surface area contributed by atoms with Gasteiger partial charge >= 0.3 is 0 Å². The van der Waals surface area contributed by atoms with Crippen LogP contribution in [0.15, 0.2) is 35.6 Å². The SMILES string of the molecule is C[C@]12CC[C@@H]3[C@H]4C=CC(O)=CC4=CC(O)[C@@]3(O)[C@@H]1CCC2=O. The summed E-state index contributed by atoms with van der Waals surface area (Å²) >= 11 is 0. The van der Waals surface area contributed by atoms with Crippen molar-refractivity contribution in [2.24, 2.45) is 23.2 Å². The molecule has 4 heteroatoms. The summed E-state index contributed by atoms with van der Waals surface area (Å²) in [5.41, 5.74) is -0.887. The standard InChI is InChI=1S/C18H22O4/c1-17-7-6-13-12-3-2-11(19)8-10(12)9-16(21)18(13,22)14(17)4-5-15(17)20/h2-3,8-9,12-14,16,19,21-22H,4-7H2,1H3/t12-,13+,14+,16?,17-,18-/m0/s1. The molecule has 0 saturated heterocycles. The fourth-order valence-electron chi connectivity index (χ4n) is 5.44. The summed E-state index contributed by atoms with van der Waals surface area (Å²) in [7, 11) is 0. The third-order valence-electron chi connectivity index (χ3n) is 6.62. The molecule has 118 valence electrons. The molecule has 0 aromatic heterocycles. The highest BCUT2D eigenvalue weighted by molar-refractivity contribution is 5.87. The number of hydrogen-bond donors (Lipinski definition) is 3. The number of carbonyl (C=O) groups is 1. The number of aliphatic hydroxyl groups is 3. The minimum Gasteiger partial charge on any atom is -0.508 e. The molecule has 22 heavy (non-hydrogen) atoms. The van der Waals surface area contributed by atoms with Gasteiger partial charge < -0.3 is 15.3 Å². The molecule has 4 aliphatic rings. The lowest BCUT2D eigenvalue weighted by atomic mass is 9.51. The summed E-state index contributed by atoms with van der Waals surface area (Å²) in [5, 5.41) is 31.8. The molecule has 0 aromatic rings. The van der Waals surface area contributed by atoms with Gasteiger partial charge in [-0.3, -0.25) is 4.79 Å². The molecule has 0 bridgehead atoms. The number of Topliss-reactive ketones (excluding diaryl/α,β-unsaturated/α-hetero) is 1. The van der Waals surface area contributed by atoms with E-state index in [1.54, 1.807) is 18.2 Å². The first kappa shape index (κ1) is 14.2. The van der Waals surface area contributed by atoms with Crippen molar-refractivity contribution in [1.29, 1.82) is 0 Å². The number of aliphatic hydroxyl groups excluding tert-OH is 2. The molecule has 2 fully saturated rings. The van der Waals surface area contributed by atoms with Gasteiger partial charge in [-0.1, -0.05) is 13.0 Å². The zero-order valence-corrected chi connectivity index (χ0v) is 12.7. The van der Waals surface area contributed by atoms with E-state index in [0.717, 1.165) is 12.0 Å². The molecule has 0 aromatic carbocycles. The van der Waals surface area contributed by atoms with Crippen LogP contribution in [0.3, 0.4) is 0 Å². The fraction of sp³-hybridized carbons (Fsp3) is 0.611. The van der Waals surface area contributed by atoms with E-state index in [9.17, 15) is 20.1 Å². The Morgan fingerprint density at radius 1 is 1.32 bits per heavy atom. The molecule has 0 heterocycles. The monoisotopic (exact) mass is 302 g/mol. The molecule has 0 radical (unpaired) electrons. The lowest BCUT2D eigenvalue weighted by molar-refractivity contribution is -0.194. The maximum Gasteiger partial charge on any atom is 0.139 e. The fourth-order valence-corrected chi connectivity index (χ4v) is 5.44. The van der Waals surface area contributed by atoms with Gasteiger partial charge in [0.2, 0.25) is 0 Å². The number of rotatable bonds is 0. The number of ketones is 1. The van der Waals surface area contributed by atoms with Gasteiger partial charge in [0.25, 0.3) is 0 Å². The first-order chi connectivity index (χ1) is 10.4. The number of hydrogen-bond acceptors (Lipinski definition) is 4. The highest BCUT2D eigenvalue weighted by Gasteiger charge is 2.65. The minimum atomic E-state index is -1.25. The molecule has 4 nitrogen and oxygen atoms in total. The lowest BCUT2D eigenvalue weighted by Crippen LogP contribution is -2.64. The van der Waals surface area contributed by atoms with Crippen molar-refractivity contribution < 1.29 is 20.1 Å². The second-order valence-electron chi connectivity index (χ2n) is 7.53. The Labute approximate surface area is 129 Å².